The molecule has 0 aromatic rings. The van der Waals surface area contributed by atoms with E-state index in [0.717, 1.165) is 18.9 Å². The molecule has 0 bridgehead atoms. The summed E-state index contributed by atoms with van der Waals surface area (Å²) in [6.07, 6.45) is 5.10. The van der Waals surface area contributed by atoms with Crippen molar-refractivity contribution in [2.45, 2.75) is 58.5 Å². The summed E-state index contributed by atoms with van der Waals surface area (Å²) in [5.41, 5.74) is 0. The second-order valence-corrected chi connectivity index (χ2v) is 5.82. The molecular weight excluding hydrogens is 224 g/mol. The summed E-state index contributed by atoms with van der Waals surface area (Å²) in [5.74, 6) is 0.850. The van der Waals surface area contributed by atoms with Gasteiger partial charge in [-0.15, -0.1) is 0 Å². The fraction of sp³-hybridized carbons (Fsp3) is 1.00. The van der Waals surface area contributed by atoms with E-state index >= 15 is 0 Å². The third-order valence-corrected chi connectivity index (χ3v) is 4.18. The molecule has 2 atom stereocenters. The minimum absolute atomic E-state index is 0.564. The fourth-order valence-corrected chi connectivity index (χ4v) is 2.96. The highest BCUT2D eigenvalue weighted by molar-refractivity contribution is 4.81. The molecule has 1 heterocycles. The molecule has 0 aliphatic carbocycles. The number of methoxy groups -OCH3 is 1. The summed E-state index contributed by atoms with van der Waals surface area (Å²) < 4.78 is 5.13. The second-order valence-electron chi connectivity index (χ2n) is 5.82. The smallest absolute Gasteiger partial charge is 0.0476 e. The largest absolute Gasteiger partial charge is 0.385 e. The first-order valence-corrected chi connectivity index (χ1v) is 7.64. The van der Waals surface area contributed by atoms with Crippen LogP contribution in [-0.2, 0) is 4.74 Å². The highest BCUT2D eigenvalue weighted by atomic mass is 16.5. The van der Waals surface area contributed by atoms with Crippen molar-refractivity contribution >= 4 is 0 Å². The Hall–Kier alpha value is -0.120. The standard InChI is InChI=1S/C15H32N2O/c1-5-9-17-10-6-15(7-11-17)14(3)16-13(2)8-12-18-4/h13-16H,5-12H2,1-4H3. The summed E-state index contributed by atoms with van der Waals surface area (Å²) in [6.45, 7) is 11.6. The topological polar surface area (TPSA) is 24.5 Å². The van der Waals surface area contributed by atoms with Gasteiger partial charge in [0.05, 0.1) is 0 Å². The van der Waals surface area contributed by atoms with Crippen LogP contribution in [0.4, 0.5) is 0 Å². The van der Waals surface area contributed by atoms with E-state index in [9.17, 15) is 0 Å². The molecule has 1 fully saturated rings. The molecule has 1 N–H and O–H groups in total. The van der Waals surface area contributed by atoms with Crippen molar-refractivity contribution in [2.75, 3.05) is 33.4 Å². The molecule has 3 nitrogen and oxygen atoms in total. The predicted molar refractivity (Wildman–Crippen MR) is 78.0 cm³/mol. The molecule has 0 saturated carbocycles. The van der Waals surface area contributed by atoms with Gasteiger partial charge in [0.15, 0.2) is 0 Å². The Morgan fingerprint density at radius 1 is 1.28 bits per heavy atom. The zero-order chi connectivity index (χ0) is 13.4. The Kier molecular flexibility index (Phi) is 7.87. The molecule has 0 aromatic carbocycles. The first-order chi connectivity index (χ1) is 8.67. The molecule has 1 aliphatic heterocycles. The summed E-state index contributed by atoms with van der Waals surface area (Å²) in [4.78, 5) is 2.61. The van der Waals surface area contributed by atoms with Crippen LogP contribution in [0.1, 0.15) is 46.5 Å². The number of ether oxygens (including phenoxy) is 1. The molecule has 1 rings (SSSR count). The van der Waals surface area contributed by atoms with Crippen LogP contribution >= 0.6 is 0 Å². The second kappa shape index (κ2) is 8.89. The number of hydrogen-bond acceptors (Lipinski definition) is 3. The van der Waals surface area contributed by atoms with Gasteiger partial charge in [-0.2, -0.15) is 0 Å². The van der Waals surface area contributed by atoms with Crippen LogP contribution in [0.25, 0.3) is 0 Å². The lowest BCUT2D eigenvalue weighted by Gasteiger charge is -2.36. The van der Waals surface area contributed by atoms with Gasteiger partial charge in [-0.3, -0.25) is 0 Å². The Morgan fingerprint density at radius 2 is 1.94 bits per heavy atom. The van der Waals surface area contributed by atoms with E-state index in [4.69, 9.17) is 4.74 Å². The van der Waals surface area contributed by atoms with E-state index in [0.29, 0.717) is 12.1 Å². The van der Waals surface area contributed by atoms with Crippen molar-refractivity contribution < 1.29 is 4.74 Å². The molecule has 0 spiro atoms. The molecule has 0 amide bonds. The minimum Gasteiger partial charge on any atom is -0.385 e. The zero-order valence-electron chi connectivity index (χ0n) is 12.7. The van der Waals surface area contributed by atoms with E-state index in [1.54, 1.807) is 7.11 Å². The Labute approximate surface area is 113 Å². The first kappa shape index (κ1) is 15.9. The minimum atomic E-state index is 0.564. The number of rotatable bonds is 8. The van der Waals surface area contributed by atoms with E-state index in [1.807, 2.05) is 0 Å². The van der Waals surface area contributed by atoms with Gasteiger partial charge < -0.3 is 15.0 Å². The summed E-state index contributed by atoms with van der Waals surface area (Å²) in [6, 6.07) is 1.20. The van der Waals surface area contributed by atoms with Crippen molar-refractivity contribution in [3.63, 3.8) is 0 Å². The quantitative estimate of drug-likeness (QED) is 0.722. The van der Waals surface area contributed by atoms with Crippen LogP contribution in [0.15, 0.2) is 0 Å². The molecule has 1 aliphatic rings. The highest BCUT2D eigenvalue weighted by Crippen LogP contribution is 2.21. The average Bonchev–Trinajstić information content (AvgIpc) is 2.37. The van der Waals surface area contributed by atoms with Crippen LogP contribution in [0.5, 0.6) is 0 Å². The van der Waals surface area contributed by atoms with Gasteiger partial charge in [0.2, 0.25) is 0 Å². The van der Waals surface area contributed by atoms with Crippen molar-refractivity contribution in [2.24, 2.45) is 5.92 Å². The number of piperidine rings is 1. The van der Waals surface area contributed by atoms with Crippen LogP contribution in [0.3, 0.4) is 0 Å². The van der Waals surface area contributed by atoms with Gasteiger partial charge in [-0.25, -0.2) is 0 Å². The van der Waals surface area contributed by atoms with Crippen molar-refractivity contribution in [3.05, 3.63) is 0 Å². The third kappa shape index (κ3) is 5.68. The molecule has 3 heteroatoms. The highest BCUT2D eigenvalue weighted by Gasteiger charge is 2.23. The molecule has 0 aromatic heterocycles. The lowest BCUT2D eigenvalue weighted by Crippen LogP contribution is -2.45. The van der Waals surface area contributed by atoms with Crippen molar-refractivity contribution in [1.82, 2.24) is 10.2 Å². The van der Waals surface area contributed by atoms with Gasteiger partial charge in [0, 0.05) is 25.8 Å². The number of hydrogen-bond donors (Lipinski definition) is 1. The zero-order valence-corrected chi connectivity index (χ0v) is 12.7. The van der Waals surface area contributed by atoms with Gasteiger partial charge in [0.1, 0.15) is 0 Å². The van der Waals surface area contributed by atoms with E-state index in [1.165, 1.54) is 38.9 Å². The molecular formula is C15H32N2O. The molecule has 0 radical (unpaired) electrons. The molecule has 108 valence electrons. The molecule has 2 unspecified atom stereocenters. The van der Waals surface area contributed by atoms with Crippen LogP contribution < -0.4 is 5.32 Å². The van der Waals surface area contributed by atoms with Crippen LogP contribution in [0, 0.1) is 5.92 Å². The van der Waals surface area contributed by atoms with Crippen LogP contribution in [-0.4, -0.2) is 50.3 Å². The average molecular weight is 256 g/mol. The summed E-state index contributed by atoms with van der Waals surface area (Å²) in [7, 11) is 1.78. The SMILES string of the molecule is CCCN1CCC(C(C)NC(C)CCOC)CC1. The Bertz CT molecular complexity index is 203. The lowest BCUT2D eigenvalue weighted by molar-refractivity contribution is 0.150. The predicted octanol–water partition coefficient (Wildman–Crippen LogP) is 2.51. The van der Waals surface area contributed by atoms with Crippen molar-refractivity contribution in [3.8, 4) is 0 Å². The van der Waals surface area contributed by atoms with E-state index in [2.05, 4.69) is 31.0 Å². The van der Waals surface area contributed by atoms with Crippen LogP contribution in [0.2, 0.25) is 0 Å². The van der Waals surface area contributed by atoms with Crippen molar-refractivity contribution in [1.29, 1.82) is 0 Å². The first-order valence-electron chi connectivity index (χ1n) is 7.64. The van der Waals surface area contributed by atoms with E-state index < -0.39 is 0 Å². The fourth-order valence-electron chi connectivity index (χ4n) is 2.96. The number of nitrogens with zero attached hydrogens (tertiary/aromatic N) is 1. The maximum absolute atomic E-state index is 5.13. The van der Waals surface area contributed by atoms with Gasteiger partial charge in [0.25, 0.3) is 0 Å². The van der Waals surface area contributed by atoms with Gasteiger partial charge in [-0.05, 0) is 65.1 Å². The van der Waals surface area contributed by atoms with Gasteiger partial charge in [-0.1, -0.05) is 6.92 Å². The maximum atomic E-state index is 5.13. The Balaban J connectivity index is 2.20. The maximum Gasteiger partial charge on any atom is 0.0476 e. The van der Waals surface area contributed by atoms with Gasteiger partial charge >= 0.3 is 0 Å². The molecule has 1 saturated heterocycles. The molecule has 18 heavy (non-hydrogen) atoms. The normalized spacial score (nSPS) is 22.0. The number of nitrogens with one attached hydrogen (secondary N) is 1. The van der Waals surface area contributed by atoms with E-state index in [-0.39, 0.29) is 0 Å². The summed E-state index contributed by atoms with van der Waals surface area (Å²) >= 11 is 0. The summed E-state index contributed by atoms with van der Waals surface area (Å²) in [5, 5.41) is 3.73. The monoisotopic (exact) mass is 256 g/mol. The number of likely N-dealkylation sites (tertiary alicyclic amines) is 1. The third-order valence-electron chi connectivity index (χ3n) is 4.18. The lowest BCUT2D eigenvalue weighted by atomic mass is 9.89. The Morgan fingerprint density at radius 3 is 2.50 bits per heavy atom.